The first-order valence-corrected chi connectivity index (χ1v) is 13.0. The average molecular weight is 565 g/mol. The average Bonchev–Trinajstić information content (AvgIpc) is 3.67. The van der Waals surface area contributed by atoms with Gasteiger partial charge in [0.05, 0.1) is 48.2 Å². The standard InChI is InChI=1S/C30H20N4O6S/c1-38-27(35)19-12-8-16(9-13-19)21-23-24(32-30(31-23)40-29(37)18-6-4-3-5-7-18)22(26-25(21)33-41-34-26)17-10-14-20(15-11-17)28(36)39-2/h3-15H,1-2H3,(H,31,32). The van der Waals surface area contributed by atoms with Crippen molar-refractivity contribution < 1.29 is 28.6 Å². The monoisotopic (exact) mass is 564 g/mol. The van der Waals surface area contributed by atoms with Crippen molar-refractivity contribution in [1.82, 2.24) is 18.7 Å². The molecule has 41 heavy (non-hydrogen) atoms. The van der Waals surface area contributed by atoms with Gasteiger partial charge in [0.15, 0.2) is 0 Å². The molecule has 0 fully saturated rings. The molecule has 0 unspecified atom stereocenters. The summed E-state index contributed by atoms with van der Waals surface area (Å²) in [4.78, 5) is 44.7. The second-order valence-corrected chi connectivity index (χ2v) is 9.40. The van der Waals surface area contributed by atoms with Crippen LogP contribution in [-0.2, 0) is 9.47 Å². The highest BCUT2D eigenvalue weighted by molar-refractivity contribution is 7.00. The van der Waals surface area contributed by atoms with Crippen LogP contribution >= 0.6 is 11.7 Å². The van der Waals surface area contributed by atoms with E-state index in [-0.39, 0.29) is 6.01 Å². The maximum absolute atomic E-state index is 12.9. The molecule has 2 aromatic heterocycles. The molecule has 0 aliphatic rings. The Bertz CT molecular complexity index is 1820. The van der Waals surface area contributed by atoms with E-state index in [0.717, 1.165) is 22.9 Å². The van der Waals surface area contributed by atoms with E-state index < -0.39 is 17.9 Å². The number of hydrogen-bond acceptors (Lipinski definition) is 10. The first kappa shape index (κ1) is 25.8. The summed E-state index contributed by atoms with van der Waals surface area (Å²) < 4.78 is 24.5. The van der Waals surface area contributed by atoms with Crippen molar-refractivity contribution in [2.45, 2.75) is 0 Å². The number of carbonyl (C=O) groups is 3. The van der Waals surface area contributed by atoms with Gasteiger partial charge in [-0.15, -0.1) is 0 Å². The Morgan fingerprint density at radius 1 is 0.634 bits per heavy atom. The maximum Gasteiger partial charge on any atom is 0.345 e. The molecule has 1 N–H and O–H groups in total. The number of carbonyl (C=O) groups excluding carboxylic acids is 3. The van der Waals surface area contributed by atoms with E-state index in [1.807, 2.05) is 0 Å². The van der Waals surface area contributed by atoms with E-state index in [2.05, 4.69) is 18.7 Å². The van der Waals surface area contributed by atoms with Crippen molar-refractivity contribution >= 4 is 51.7 Å². The molecule has 0 spiro atoms. The lowest BCUT2D eigenvalue weighted by Gasteiger charge is -2.10. The number of rotatable bonds is 6. The smallest absolute Gasteiger partial charge is 0.345 e. The SMILES string of the molecule is COC(=O)c1ccc(-c2c3nsnc3c(-c3ccc(C(=O)OC)cc3)c3[nH]c(OC(=O)c4ccccc4)nc23)cc1. The van der Waals surface area contributed by atoms with Crippen molar-refractivity contribution in [1.29, 1.82) is 0 Å². The predicted octanol–water partition coefficient (Wildman–Crippen LogP) is 5.69. The normalized spacial score (nSPS) is 11.0. The number of esters is 3. The van der Waals surface area contributed by atoms with Gasteiger partial charge >= 0.3 is 23.9 Å². The van der Waals surface area contributed by atoms with Crippen LogP contribution in [0.15, 0.2) is 78.9 Å². The summed E-state index contributed by atoms with van der Waals surface area (Å²) in [5, 5.41) is 0. The minimum absolute atomic E-state index is 0.00922. The van der Waals surface area contributed by atoms with Crippen molar-refractivity contribution in [3.63, 3.8) is 0 Å². The summed E-state index contributed by atoms with van der Waals surface area (Å²) in [6.07, 6.45) is 0. The van der Waals surface area contributed by atoms with Crippen LogP contribution in [0.5, 0.6) is 6.01 Å². The number of aromatic amines is 1. The zero-order chi connectivity index (χ0) is 28.5. The summed E-state index contributed by atoms with van der Waals surface area (Å²) in [6, 6.07) is 22.3. The third kappa shape index (κ3) is 4.68. The van der Waals surface area contributed by atoms with Gasteiger partial charge < -0.3 is 19.2 Å². The molecule has 11 heteroatoms. The van der Waals surface area contributed by atoms with E-state index in [4.69, 9.17) is 14.2 Å². The van der Waals surface area contributed by atoms with Gasteiger partial charge in [0.1, 0.15) is 16.6 Å². The van der Waals surface area contributed by atoms with E-state index in [1.165, 1.54) is 14.2 Å². The van der Waals surface area contributed by atoms with Gasteiger partial charge in [0.2, 0.25) is 0 Å². The molecule has 0 amide bonds. The van der Waals surface area contributed by atoms with Crippen LogP contribution in [-0.4, -0.2) is 50.8 Å². The van der Waals surface area contributed by atoms with E-state index >= 15 is 0 Å². The molecule has 202 valence electrons. The number of ether oxygens (including phenoxy) is 3. The number of fused-ring (bicyclic) bond motifs is 2. The Hall–Kier alpha value is -5.42. The fraction of sp³-hybridized carbons (Fsp3) is 0.0667. The molecule has 0 radical (unpaired) electrons. The summed E-state index contributed by atoms with van der Waals surface area (Å²) in [5.74, 6) is -1.48. The first-order chi connectivity index (χ1) is 20.0. The van der Waals surface area contributed by atoms with Crippen LogP contribution in [0.2, 0.25) is 0 Å². The molecule has 0 saturated heterocycles. The highest BCUT2D eigenvalue weighted by Crippen LogP contribution is 2.42. The zero-order valence-corrected chi connectivity index (χ0v) is 22.5. The third-order valence-corrected chi connectivity index (χ3v) is 7.05. The highest BCUT2D eigenvalue weighted by atomic mass is 32.1. The van der Waals surface area contributed by atoms with Crippen molar-refractivity contribution in [2.75, 3.05) is 14.2 Å². The Labute approximate surface area is 236 Å². The number of nitrogens with zero attached hydrogens (tertiary/aromatic N) is 3. The van der Waals surface area contributed by atoms with Crippen LogP contribution in [0.4, 0.5) is 0 Å². The van der Waals surface area contributed by atoms with Crippen LogP contribution in [0, 0.1) is 0 Å². The number of aromatic nitrogens is 4. The molecule has 4 aromatic carbocycles. The quantitative estimate of drug-likeness (QED) is 0.253. The van der Waals surface area contributed by atoms with Crippen LogP contribution in [0.25, 0.3) is 44.3 Å². The lowest BCUT2D eigenvalue weighted by Crippen LogP contribution is -2.08. The van der Waals surface area contributed by atoms with Gasteiger partial charge in [-0.3, -0.25) is 0 Å². The Morgan fingerprint density at radius 3 is 1.71 bits per heavy atom. The topological polar surface area (TPSA) is 133 Å². The lowest BCUT2D eigenvalue weighted by atomic mass is 9.94. The van der Waals surface area contributed by atoms with Crippen LogP contribution in [0.3, 0.4) is 0 Å². The molecule has 0 atom stereocenters. The van der Waals surface area contributed by atoms with E-state index in [9.17, 15) is 14.4 Å². The molecule has 6 rings (SSSR count). The fourth-order valence-electron chi connectivity index (χ4n) is 4.57. The minimum Gasteiger partial charge on any atom is -0.465 e. The molecule has 2 heterocycles. The van der Waals surface area contributed by atoms with Gasteiger partial charge in [0, 0.05) is 11.1 Å². The number of H-pyrrole nitrogens is 1. The van der Waals surface area contributed by atoms with Crippen molar-refractivity contribution in [3.8, 4) is 28.3 Å². The van der Waals surface area contributed by atoms with Crippen molar-refractivity contribution in [2.24, 2.45) is 0 Å². The Balaban J connectivity index is 1.56. The molecular weight excluding hydrogens is 544 g/mol. The maximum atomic E-state index is 12.9. The number of hydrogen-bond donors (Lipinski definition) is 1. The van der Waals surface area contributed by atoms with E-state index in [1.54, 1.807) is 78.9 Å². The Morgan fingerprint density at radius 2 is 1.15 bits per heavy atom. The summed E-state index contributed by atoms with van der Waals surface area (Å²) in [7, 11) is 2.65. The summed E-state index contributed by atoms with van der Waals surface area (Å²) in [5.41, 5.74) is 6.13. The highest BCUT2D eigenvalue weighted by Gasteiger charge is 2.25. The fourth-order valence-corrected chi connectivity index (χ4v) is 5.13. The first-order valence-electron chi connectivity index (χ1n) is 12.3. The molecule has 0 saturated carbocycles. The molecular formula is C30H20N4O6S. The minimum atomic E-state index is -0.574. The molecule has 0 aliphatic carbocycles. The second-order valence-electron chi connectivity index (χ2n) is 8.87. The van der Waals surface area contributed by atoms with Gasteiger partial charge in [-0.1, -0.05) is 42.5 Å². The lowest BCUT2D eigenvalue weighted by molar-refractivity contribution is 0.0592. The van der Waals surface area contributed by atoms with Gasteiger partial charge in [-0.25, -0.2) is 14.4 Å². The number of nitrogens with one attached hydrogen (secondary N) is 1. The Kier molecular flexibility index (Phi) is 6.70. The largest absolute Gasteiger partial charge is 0.465 e. The second kappa shape index (κ2) is 10.6. The summed E-state index contributed by atoms with van der Waals surface area (Å²) in [6.45, 7) is 0. The summed E-state index contributed by atoms with van der Waals surface area (Å²) >= 11 is 1.04. The van der Waals surface area contributed by atoms with E-state index in [0.29, 0.717) is 49.9 Å². The van der Waals surface area contributed by atoms with Gasteiger partial charge in [0.25, 0.3) is 0 Å². The number of methoxy groups -OCH3 is 2. The predicted molar refractivity (Wildman–Crippen MR) is 152 cm³/mol. The van der Waals surface area contributed by atoms with Gasteiger partial charge in [-0.05, 0) is 47.5 Å². The molecule has 0 bridgehead atoms. The zero-order valence-electron chi connectivity index (χ0n) is 21.7. The third-order valence-electron chi connectivity index (χ3n) is 6.52. The van der Waals surface area contributed by atoms with Crippen LogP contribution < -0.4 is 4.74 Å². The van der Waals surface area contributed by atoms with Crippen molar-refractivity contribution in [3.05, 3.63) is 95.6 Å². The molecule has 0 aliphatic heterocycles. The number of imidazole rings is 1. The van der Waals surface area contributed by atoms with Crippen LogP contribution in [0.1, 0.15) is 31.1 Å². The number of benzene rings is 4. The van der Waals surface area contributed by atoms with Gasteiger partial charge in [-0.2, -0.15) is 13.7 Å². The molecule has 6 aromatic rings. The molecule has 10 nitrogen and oxygen atoms in total.